The Kier molecular flexibility index (Phi) is 5.16. The quantitative estimate of drug-likeness (QED) is 0.486. The van der Waals surface area contributed by atoms with E-state index >= 15 is 0 Å². The van der Waals surface area contributed by atoms with Gasteiger partial charge in [-0.3, -0.25) is 0 Å². The van der Waals surface area contributed by atoms with Crippen LogP contribution in [0.3, 0.4) is 0 Å². The highest BCUT2D eigenvalue weighted by atomic mass is 35.5. The predicted molar refractivity (Wildman–Crippen MR) is 99.6 cm³/mol. The minimum atomic E-state index is 0.150. The van der Waals surface area contributed by atoms with E-state index in [2.05, 4.69) is 27.5 Å². The Balaban J connectivity index is 1.97. The summed E-state index contributed by atoms with van der Waals surface area (Å²) < 4.78 is 2.13. The first kappa shape index (κ1) is 16.5. The number of aryl methyl sites for hydroxylation is 1. The van der Waals surface area contributed by atoms with Crippen molar-refractivity contribution in [3.05, 3.63) is 53.1 Å². The highest BCUT2D eigenvalue weighted by Gasteiger charge is 2.09. The molecule has 0 amide bonds. The van der Waals surface area contributed by atoms with Gasteiger partial charge in [-0.05, 0) is 36.8 Å². The summed E-state index contributed by atoms with van der Waals surface area (Å²) in [5.74, 6) is 0.795. The molecule has 0 aliphatic carbocycles. The lowest BCUT2D eigenvalue weighted by atomic mass is 10.2. The Morgan fingerprint density at radius 2 is 2.04 bits per heavy atom. The van der Waals surface area contributed by atoms with Crippen LogP contribution in [0.4, 0.5) is 5.95 Å². The molecule has 0 spiro atoms. The number of phenols is 1. The molecule has 0 aliphatic rings. The number of hydrogen-bond acceptors (Lipinski definition) is 3. The Bertz CT molecular complexity index is 870. The smallest absolute Gasteiger partial charge is 0.230 e. The van der Waals surface area contributed by atoms with Crippen LogP contribution in [-0.2, 0) is 6.54 Å². The number of nitrogens with zero attached hydrogens (tertiary/aromatic N) is 3. The molecule has 24 heavy (non-hydrogen) atoms. The van der Waals surface area contributed by atoms with E-state index in [9.17, 15) is 5.11 Å². The first-order chi connectivity index (χ1) is 11.7. The maximum atomic E-state index is 9.92. The second-order valence-electron chi connectivity index (χ2n) is 5.72. The van der Waals surface area contributed by atoms with Crippen LogP contribution >= 0.6 is 11.6 Å². The van der Waals surface area contributed by atoms with Crippen LogP contribution in [0.15, 0.2) is 47.5 Å². The van der Waals surface area contributed by atoms with Crippen molar-refractivity contribution in [1.82, 2.24) is 9.55 Å². The van der Waals surface area contributed by atoms with Crippen LogP contribution in [-0.4, -0.2) is 20.9 Å². The largest absolute Gasteiger partial charge is 0.507 e. The van der Waals surface area contributed by atoms with E-state index in [1.54, 1.807) is 24.4 Å². The topological polar surface area (TPSA) is 50.4 Å². The summed E-state index contributed by atoms with van der Waals surface area (Å²) in [5.41, 5.74) is 2.59. The zero-order valence-corrected chi connectivity index (χ0v) is 14.4. The number of aliphatic imine (C=N–C) groups is 1. The van der Waals surface area contributed by atoms with Crippen LogP contribution < -0.4 is 0 Å². The van der Waals surface area contributed by atoms with E-state index in [-0.39, 0.29) is 5.75 Å². The van der Waals surface area contributed by atoms with Gasteiger partial charge >= 0.3 is 0 Å². The number of aromatic hydroxyl groups is 1. The first-order valence-corrected chi connectivity index (χ1v) is 8.54. The Hall–Kier alpha value is -2.33. The van der Waals surface area contributed by atoms with E-state index in [0.29, 0.717) is 16.5 Å². The molecule has 0 bridgehead atoms. The minimum Gasteiger partial charge on any atom is -0.507 e. The molecule has 0 saturated heterocycles. The van der Waals surface area contributed by atoms with E-state index in [1.165, 1.54) is 12.8 Å². The van der Waals surface area contributed by atoms with E-state index in [1.807, 2.05) is 18.2 Å². The number of imidazole rings is 1. The third-order valence-corrected chi connectivity index (χ3v) is 4.16. The van der Waals surface area contributed by atoms with Crippen molar-refractivity contribution in [1.29, 1.82) is 0 Å². The highest BCUT2D eigenvalue weighted by molar-refractivity contribution is 6.30. The van der Waals surface area contributed by atoms with Crippen LogP contribution in [0.1, 0.15) is 31.7 Å². The summed E-state index contributed by atoms with van der Waals surface area (Å²) in [7, 11) is 0. The van der Waals surface area contributed by atoms with Crippen molar-refractivity contribution in [2.75, 3.05) is 0 Å². The molecule has 5 heteroatoms. The molecule has 1 heterocycles. The van der Waals surface area contributed by atoms with Crippen molar-refractivity contribution in [2.24, 2.45) is 4.99 Å². The van der Waals surface area contributed by atoms with Gasteiger partial charge in [0, 0.05) is 23.3 Å². The SMILES string of the molecule is CCCCCn1c(N=Cc2cc(Cl)ccc2O)nc2ccccc21. The van der Waals surface area contributed by atoms with Gasteiger partial charge in [0.1, 0.15) is 5.75 Å². The molecule has 4 nitrogen and oxygen atoms in total. The molecule has 0 unspecified atom stereocenters. The summed E-state index contributed by atoms with van der Waals surface area (Å²) in [6.45, 7) is 3.07. The maximum absolute atomic E-state index is 9.92. The highest BCUT2D eigenvalue weighted by Crippen LogP contribution is 2.24. The number of hydrogen-bond donors (Lipinski definition) is 1. The number of benzene rings is 2. The molecule has 2 aromatic carbocycles. The molecular weight excluding hydrogens is 322 g/mol. The standard InChI is InChI=1S/C19H20ClN3O/c1-2-3-6-11-23-17-8-5-4-7-16(17)22-19(23)21-13-14-12-15(20)9-10-18(14)24/h4-5,7-10,12-13,24H,2-3,6,11H2,1H3. The summed E-state index contributed by atoms with van der Waals surface area (Å²) in [6, 6.07) is 12.9. The molecule has 0 fully saturated rings. The summed E-state index contributed by atoms with van der Waals surface area (Å²) >= 11 is 5.98. The molecule has 0 radical (unpaired) electrons. The second-order valence-corrected chi connectivity index (χ2v) is 6.16. The second kappa shape index (κ2) is 7.49. The van der Waals surface area contributed by atoms with Crippen molar-refractivity contribution in [3.8, 4) is 5.75 Å². The number of phenolic OH excluding ortho intramolecular Hbond substituents is 1. The van der Waals surface area contributed by atoms with Crippen LogP contribution in [0.5, 0.6) is 5.75 Å². The van der Waals surface area contributed by atoms with Crippen LogP contribution in [0, 0.1) is 0 Å². The van der Waals surface area contributed by atoms with Gasteiger partial charge in [-0.2, -0.15) is 0 Å². The number of para-hydroxylation sites is 2. The third-order valence-electron chi connectivity index (χ3n) is 3.93. The number of rotatable bonds is 6. The van der Waals surface area contributed by atoms with Crippen molar-refractivity contribution in [3.63, 3.8) is 0 Å². The number of unbranched alkanes of at least 4 members (excludes halogenated alkanes) is 2. The maximum Gasteiger partial charge on any atom is 0.230 e. The van der Waals surface area contributed by atoms with Crippen molar-refractivity contribution < 1.29 is 5.11 Å². The van der Waals surface area contributed by atoms with Gasteiger partial charge < -0.3 is 9.67 Å². The van der Waals surface area contributed by atoms with Gasteiger partial charge in [-0.1, -0.05) is 43.5 Å². The summed E-state index contributed by atoms with van der Waals surface area (Å²) in [4.78, 5) is 9.11. The van der Waals surface area contributed by atoms with Gasteiger partial charge in [0.2, 0.25) is 5.95 Å². The van der Waals surface area contributed by atoms with E-state index < -0.39 is 0 Å². The zero-order valence-electron chi connectivity index (χ0n) is 13.6. The number of fused-ring (bicyclic) bond motifs is 1. The van der Waals surface area contributed by atoms with Gasteiger partial charge in [-0.25, -0.2) is 9.98 Å². The summed E-state index contributed by atoms with van der Waals surface area (Å²) in [5, 5.41) is 10.5. The lowest BCUT2D eigenvalue weighted by molar-refractivity contribution is 0.474. The van der Waals surface area contributed by atoms with Crippen molar-refractivity contribution in [2.45, 2.75) is 32.7 Å². The third kappa shape index (κ3) is 3.60. The fourth-order valence-corrected chi connectivity index (χ4v) is 2.84. The molecule has 1 N–H and O–H groups in total. The normalized spacial score (nSPS) is 11.6. The molecule has 0 aliphatic heterocycles. The molecule has 1 aromatic heterocycles. The van der Waals surface area contributed by atoms with Gasteiger partial charge in [0.15, 0.2) is 0 Å². The Morgan fingerprint density at radius 1 is 1.21 bits per heavy atom. The molecule has 0 atom stereocenters. The fraction of sp³-hybridized carbons (Fsp3) is 0.263. The number of aromatic nitrogens is 2. The van der Waals surface area contributed by atoms with Gasteiger partial charge in [-0.15, -0.1) is 0 Å². The van der Waals surface area contributed by atoms with E-state index in [4.69, 9.17) is 11.6 Å². The predicted octanol–water partition coefficient (Wildman–Crippen LogP) is 5.34. The molecule has 3 aromatic rings. The van der Waals surface area contributed by atoms with Crippen LogP contribution in [0.2, 0.25) is 5.02 Å². The molecular formula is C19H20ClN3O. The first-order valence-electron chi connectivity index (χ1n) is 8.17. The Morgan fingerprint density at radius 3 is 2.88 bits per heavy atom. The molecule has 0 saturated carbocycles. The molecule has 3 rings (SSSR count). The average molecular weight is 342 g/mol. The zero-order chi connectivity index (χ0) is 16.9. The number of halogens is 1. The van der Waals surface area contributed by atoms with E-state index in [0.717, 1.165) is 24.0 Å². The fourth-order valence-electron chi connectivity index (χ4n) is 2.66. The lowest BCUT2D eigenvalue weighted by Crippen LogP contribution is -1.97. The van der Waals surface area contributed by atoms with Crippen molar-refractivity contribution >= 4 is 34.8 Å². The van der Waals surface area contributed by atoms with Gasteiger partial charge in [0.05, 0.1) is 11.0 Å². The van der Waals surface area contributed by atoms with Crippen LogP contribution in [0.25, 0.3) is 11.0 Å². The average Bonchev–Trinajstić information content (AvgIpc) is 2.94. The lowest BCUT2D eigenvalue weighted by Gasteiger charge is -2.06. The minimum absolute atomic E-state index is 0.150. The monoisotopic (exact) mass is 341 g/mol. The van der Waals surface area contributed by atoms with Gasteiger partial charge in [0.25, 0.3) is 0 Å². The molecule has 124 valence electrons. The summed E-state index contributed by atoms with van der Waals surface area (Å²) in [6.07, 6.45) is 5.03. The Labute approximate surface area is 146 Å².